The van der Waals surface area contributed by atoms with Crippen molar-refractivity contribution in [1.82, 2.24) is 0 Å². The van der Waals surface area contributed by atoms with E-state index in [0.29, 0.717) is 23.7 Å². The molecule has 0 aromatic rings. The van der Waals surface area contributed by atoms with Crippen molar-refractivity contribution in [3.8, 4) is 12.3 Å². The Morgan fingerprint density at radius 2 is 1.65 bits per heavy atom. The van der Waals surface area contributed by atoms with Gasteiger partial charge >= 0.3 is 0 Å². The highest BCUT2D eigenvalue weighted by molar-refractivity contribution is 5.20. The standard InChI is InChI=1S/C21H32O2/c1-5-21(23)12-14-6-7-15-16(18(14,2)13-21)8-10-19(3)17(15)9-11-20(19,4)22/h1,14-17,22-23H,6-13H2,2-4H3/t14?,15?,16?,17?,18-,19-,20-,21+/m0/s1. The Morgan fingerprint density at radius 3 is 2.35 bits per heavy atom. The maximum Gasteiger partial charge on any atom is 0.126 e. The molecule has 4 aliphatic carbocycles. The highest BCUT2D eigenvalue weighted by atomic mass is 16.3. The van der Waals surface area contributed by atoms with Crippen LogP contribution in [-0.2, 0) is 0 Å². The van der Waals surface area contributed by atoms with Crippen LogP contribution in [0.25, 0.3) is 0 Å². The number of aliphatic hydroxyl groups is 2. The van der Waals surface area contributed by atoms with Crippen molar-refractivity contribution in [2.24, 2.45) is 34.5 Å². The first-order valence-corrected chi connectivity index (χ1v) is 9.58. The Morgan fingerprint density at radius 1 is 0.957 bits per heavy atom. The summed E-state index contributed by atoms with van der Waals surface area (Å²) >= 11 is 0. The van der Waals surface area contributed by atoms with Crippen molar-refractivity contribution in [2.45, 2.75) is 83.3 Å². The van der Waals surface area contributed by atoms with Crippen LogP contribution in [0.15, 0.2) is 0 Å². The van der Waals surface area contributed by atoms with E-state index < -0.39 is 11.2 Å². The molecule has 4 unspecified atom stereocenters. The summed E-state index contributed by atoms with van der Waals surface area (Å²) < 4.78 is 0. The molecular formula is C21H32O2. The van der Waals surface area contributed by atoms with Crippen LogP contribution in [-0.4, -0.2) is 21.4 Å². The second-order valence-corrected chi connectivity index (χ2v) is 9.98. The average Bonchev–Trinajstić information content (AvgIpc) is 2.90. The second kappa shape index (κ2) is 4.55. The molecule has 0 spiro atoms. The summed E-state index contributed by atoms with van der Waals surface area (Å²) in [5, 5.41) is 21.7. The smallest absolute Gasteiger partial charge is 0.126 e. The van der Waals surface area contributed by atoms with Crippen molar-refractivity contribution in [2.75, 3.05) is 0 Å². The van der Waals surface area contributed by atoms with Gasteiger partial charge in [-0.05, 0) is 92.8 Å². The monoisotopic (exact) mass is 316 g/mol. The number of rotatable bonds is 0. The number of hydrogen-bond donors (Lipinski definition) is 2. The Kier molecular flexibility index (Phi) is 3.16. The zero-order valence-electron chi connectivity index (χ0n) is 14.9. The summed E-state index contributed by atoms with van der Waals surface area (Å²) in [5.74, 6) is 5.31. The summed E-state index contributed by atoms with van der Waals surface area (Å²) in [5.41, 5.74) is -1.11. The van der Waals surface area contributed by atoms with Crippen LogP contribution >= 0.6 is 0 Å². The number of hydrogen-bond acceptors (Lipinski definition) is 2. The van der Waals surface area contributed by atoms with Gasteiger partial charge in [-0.25, -0.2) is 0 Å². The summed E-state index contributed by atoms with van der Waals surface area (Å²) in [6.07, 6.45) is 14.1. The minimum atomic E-state index is -0.879. The first-order valence-electron chi connectivity index (χ1n) is 9.58. The molecule has 0 aliphatic heterocycles. The molecule has 2 N–H and O–H groups in total. The van der Waals surface area contributed by atoms with Gasteiger partial charge in [-0.15, -0.1) is 6.42 Å². The Hall–Kier alpha value is -0.520. The van der Waals surface area contributed by atoms with Gasteiger partial charge < -0.3 is 10.2 Å². The fraction of sp³-hybridized carbons (Fsp3) is 0.905. The molecule has 2 heteroatoms. The molecule has 4 aliphatic rings. The van der Waals surface area contributed by atoms with Gasteiger partial charge in [0.1, 0.15) is 5.60 Å². The second-order valence-electron chi connectivity index (χ2n) is 9.98. The lowest BCUT2D eigenvalue weighted by molar-refractivity contribution is -0.133. The van der Waals surface area contributed by atoms with E-state index in [1.54, 1.807) is 0 Å². The molecule has 4 saturated carbocycles. The van der Waals surface area contributed by atoms with Crippen LogP contribution < -0.4 is 0 Å². The average molecular weight is 316 g/mol. The summed E-state index contributed by atoms with van der Waals surface area (Å²) in [6.45, 7) is 6.80. The molecule has 8 atom stereocenters. The van der Waals surface area contributed by atoms with Gasteiger partial charge in [0.2, 0.25) is 0 Å². The Balaban J connectivity index is 1.67. The van der Waals surface area contributed by atoms with Crippen molar-refractivity contribution >= 4 is 0 Å². The lowest BCUT2D eigenvalue weighted by Crippen LogP contribution is -2.54. The molecule has 0 heterocycles. The maximum absolute atomic E-state index is 10.9. The summed E-state index contributed by atoms with van der Waals surface area (Å²) in [6, 6.07) is 0. The third kappa shape index (κ3) is 1.90. The number of fused-ring (bicyclic) bond motifs is 5. The van der Waals surface area contributed by atoms with Crippen molar-refractivity contribution < 1.29 is 10.2 Å². The first kappa shape index (κ1) is 16.0. The molecule has 0 aromatic carbocycles. The molecule has 4 rings (SSSR count). The molecule has 0 amide bonds. The number of terminal acetylenes is 1. The predicted molar refractivity (Wildman–Crippen MR) is 91.5 cm³/mol. The lowest BCUT2D eigenvalue weighted by Gasteiger charge is -2.58. The van der Waals surface area contributed by atoms with E-state index in [1.807, 2.05) is 0 Å². The van der Waals surface area contributed by atoms with E-state index in [1.165, 1.54) is 25.7 Å². The quantitative estimate of drug-likeness (QED) is 0.668. The van der Waals surface area contributed by atoms with Gasteiger partial charge in [-0.3, -0.25) is 0 Å². The maximum atomic E-state index is 10.9. The predicted octanol–water partition coefficient (Wildman–Crippen LogP) is 3.75. The molecule has 0 bridgehead atoms. The first-order chi connectivity index (χ1) is 10.7. The topological polar surface area (TPSA) is 40.5 Å². The van der Waals surface area contributed by atoms with Crippen molar-refractivity contribution in [1.29, 1.82) is 0 Å². The van der Waals surface area contributed by atoms with Crippen molar-refractivity contribution in [3.05, 3.63) is 0 Å². The highest BCUT2D eigenvalue weighted by Gasteiger charge is 2.65. The van der Waals surface area contributed by atoms with Crippen LogP contribution in [0.4, 0.5) is 0 Å². The van der Waals surface area contributed by atoms with Crippen LogP contribution in [0.1, 0.15) is 72.1 Å². The van der Waals surface area contributed by atoms with Gasteiger partial charge in [0.05, 0.1) is 5.60 Å². The normalized spacial score (nSPS) is 61.4. The van der Waals surface area contributed by atoms with Crippen LogP contribution in [0.3, 0.4) is 0 Å². The van der Waals surface area contributed by atoms with Crippen LogP contribution in [0.5, 0.6) is 0 Å². The van der Waals surface area contributed by atoms with E-state index in [2.05, 4.69) is 26.7 Å². The fourth-order valence-electron chi connectivity index (χ4n) is 7.61. The van der Waals surface area contributed by atoms with E-state index >= 15 is 0 Å². The lowest BCUT2D eigenvalue weighted by atomic mass is 9.47. The molecule has 128 valence electrons. The largest absolute Gasteiger partial charge is 0.390 e. The zero-order chi connectivity index (χ0) is 16.7. The Labute approximate surface area is 141 Å². The van der Waals surface area contributed by atoms with Gasteiger partial charge in [0, 0.05) is 0 Å². The van der Waals surface area contributed by atoms with E-state index in [4.69, 9.17) is 6.42 Å². The fourth-order valence-corrected chi connectivity index (χ4v) is 7.61. The van der Waals surface area contributed by atoms with Crippen LogP contribution in [0.2, 0.25) is 0 Å². The summed E-state index contributed by atoms with van der Waals surface area (Å²) in [4.78, 5) is 0. The van der Waals surface area contributed by atoms with Crippen LogP contribution in [0, 0.1) is 46.8 Å². The highest BCUT2D eigenvalue weighted by Crippen LogP contribution is 2.69. The molecule has 23 heavy (non-hydrogen) atoms. The van der Waals surface area contributed by atoms with Gasteiger partial charge in [0.15, 0.2) is 0 Å². The summed E-state index contributed by atoms with van der Waals surface area (Å²) in [7, 11) is 0. The SMILES string of the molecule is C#C[C@@]1(O)CC2CCC3C(CC[C@@]4(C)C3CC[C@]4(C)O)[C@@]2(C)C1. The molecule has 0 aromatic heterocycles. The third-order valence-corrected chi connectivity index (χ3v) is 9.15. The van der Waals surface area contributed by atoms with E-state index in [9.17, 15) is 10.2 Å². The van der Waals surface area contributed by atoms with Gasteiger partial charge in [-0.1, -0.05) is 19.8 Å². The molecule has 0 saturated heterocycles. The van der Waals surface area contributed by atoms with Gasteiger partial charge in [0.25, 0.3) is 0 Å². The third-order valence-electron chi connectivity index (χ3n) is 9.15. The minimum absolute atomic E-state index is 0.0817. The van der Waals surface area contributed by atoms with E-state index in [-0.39, 0.29) is 10.8 Å². The van der Waals surface area contributed by atoms with Crippen molar-refractivity contribution in [3.63, 3.8) is 0 Å². The molecular weight excluding hydrogens is 284 g/mol. The molecule has 4 fully saturated rings. The van der Waals surface area contributed by atoms with E-state index in [0.717, 1.165) is 25.7 Å². The Bertz CT molecular complexity index is 561. The molecule has 0 radical (unpaired) electrons. The van der Waals surface area contributed by atoms with Gasteiger partial charge in [-0.2, -0.15) is 0 Å². The molecule has 2 nitrogen and oxygen atoms in total. The minimum Gasteiger partial charge on any atom is -0.390 e. The zero-order valence-corrected chi connectivity index (χ0v) is 14.9.